The summed E-state index contributed by atoms with van der Waals surface area (Å²) < 4.78 is 4.76. The van der Waals surface area contributed by atoms with Gasteiger partial charge in [0.1, 0.15) is 6.61 Å². The summed E-state index contributed by atoms with van der Waals surface area (Å²) in [6.45, 7) is 4.04. The van der Waals surface area contributed by atoms with E-state index >= 15 is 0 Å². The van der Waals surface area contributed by atoms with Gasteiger partial charge in [0.05, 0.1) is 6.61 Å². The highest BCUT2D eigenvalue weighted by atomic mass is 16.6. The molecule has 0 aromatic rings. The van der Waals surface area contributed by atoms with Crippen molar-refractivity contribution in [3.8, 4) is 0 Å². The Labute approximate surface area is 90.4 Å². The van der Waals surface area contributed by atoms with Gasteiger partial charge in [0.25, 0.3) is 0 Å². The molecule has 1 saturated heterocycles. The summed E-state index contributed by atoms with van der Waals surface area (Å²) in [6, 6.07) is 0.187. The third-order valence-electron chi connectivity index (χ3n) is 2.74. The number of alkyl carbamates (subject to hydrolysis) is 1. The van der Waals surface area contributed by atoms with E-state index in [4.69, 9.17) is 9.84 Å². The molecule has 5 heteroatoms. The lowest BCUT2D eigenvalue weighted by Crippen LogP contribution is -2.49. The van der Waals surface area contributed by atoms with E-state index in [-0.39, 0.29) is 19.3 Å². The summed E-state index contributed by atoms with van der Waals surface area (Å²) in [5.74, 6) is 0.436. The molecule has 0 radical (unpaired) electrons. The Morgan fingerprint density at radius 2 is 2.40 bits per heavy atom. The largest absolute Gasteiger partial charge is 0.447 e. The average molecular weight is 216 g/mol. The number of piperidine rings is 1. The number of carbonyl (C=O) groups is 1. The monoisotopic (exact) mass is 216 g/mol. The number of amides is 1. The maximum Gasteiger partial charge on any atom is 0.407 e. The lowest BCUT2D eigenvalue weighted by molar-refractivity contribution is 0.104. The average Bonchev–Trinajstić information content (AvgIpc) is 2.19. The molecule has 1 rings (SSSR count). The van der Waals surface area contributed by atoms with Gasteiger partial charge in [0, 0.05) is 12.6 Å². The number of aliphatic hydroxyl groups is 1. The zero-order chi connectivity index (χ0) is 11.3. The van der Waals surface area contributed by atoms with E-state index in [1.807, 2.05) is 0 Å². The number of aliphatic hydroxyl groups excluding tert-OH is 1. The van der Waals surface area contributed by atoms with Gasteiger partial charge in [0.2, 0.25) is 0 Å². The van der Waals surface area contributed by atoms with Crippen molar-refractivity contribution in [3.05, 3.63) is 0 Å². The molecule has 88 valence electrons. The van der Waals surface area contributed by atoms with E-state index in [9.17, 15) is 4.79 Å². The van der Waals surface area contributed by atoms with Crippen molar-refractivity contribution >= 4 is 6.09 Å². The SMILES string of the molecule is CC1CN(C)CCC1NC(=O)OCCO. The highest BCUT2D eigenvalue weighted by molar-refractivity contribution is 5.67. The molecule has 0 bridgehead atoms. The normalized spacial score (nSPS) is 27.4. The van der Waals surface area contributed by atoms with Gasteiger partial charge in [-0.1, -0.05) is 6.92 Å². The van der Waals surface area contributed by atoms with Gasteiger partial charge in [-0.15, -0.1) is 0 Å². The minimum absolute atomic E-state index is 0.0623. The molecule has 0 aliphatic carbocycles. The van der Waals surface area contributed by atoms with Crippen molar-refractivity contribution in [3.63, 3.8) is 0 Å². The molecule has 1 aliphatic rings. The minimum atomic E-state index is -0.426. The fourth-order valence-electron chi connectivity index (χ4n) is 1.90. The van der Waals surface area contributed by atoms with E-state index in [0.717, 1.165) is 19.5 Å². The Kier molecular flexibility index (Phi) is 4.84. The van der Waals surface area contributed by atoms with Crippen LogP contribution in [0.15, 0.2) is 0 Å². The minimum Gasteiger partial charge on any atom is -0.447 e. The van der Waals surface area contributed by atoms with E-state index in [1.54, 1.807) is 0 Å². The van der Waals surface area contributed by atoms with E-state index in [0.29, 0.717) is 5.92 Å². The number of ether oxygens (including phenoxy) is 1. The van der Waals surface area contributed by atoms with Crippen molar-refractivity contribution in [2.45, 2.75) is 19.4 Å². The highest BCUT2D eigenvalue weighted by Crippen LogP contribution is 2.15. The van der Waals surface area contributed by atoms with Gasteiger partial charge in [-0.2, -0.15) is 0 Å². The fourth-order valence-corrected chi connectivity index (χ4v) is 1.90. The second kappa shape index (κ2) is 5.92. The summed E-state index contributed by atoms with van der Waals surface area (Å²) in [5, 5.41) is 11.3. The molecular weight excluding hydrogens is 196 g/mol. The van der Waals surface area contributed by atoms with Crippen LogP contribution >= 0.6 is 0 Å². The first-order valence-corrected chi connectivity index (χ1v) is 5.36. The summed E-state index contributed by atoms with van der Waals surface area (Å²) in [7, 11) is 2.08. The van der Waals surface area contributed by atoms with Crippen LogP contribution < -0.4 is 5.32 Å². The van der Waals surface area contributed by atoms with Crippen molar-refractivity contribution in [2.24, 2.45) is 5.92 Å². The van der Waals surface area contributed by atoms with E-state index < -0.39 is 6.09 Å². The number of nitrogens with zero attached hydrogens (tertiary/aromatic N) is 1. The summed E-state index contributed by atoms with van der Waals surface area (Å²) in [6.07, 6.45) is 0.525. The Balaban J connectivity index is 2.28. The second-order valence-electron chi connectivity index (χ2n) is 4.14. The van der Waals surface area contributed by atoms with Crippen LogP contribution in [0.2, 0.25) is 0 Å². The van der Waals surface area contributed by atoms with E-state index in [2.05, 4.69) is 24.2 Å². The number of hydrogen-bond donors (Lipinski definition) is 2. The predicted octanol–water partition coefficient (Wildman–Crippen LogP) is 0.0451. The standard InChI is InChI=1S/C10H20N2O3/c1-8-7-12(2)4-3-9(8)11-10(14)15-6-5-13/h8-9,13H,3-7H2,1-2H3,(H,11,14). The van der Waals surface area contributed by atoms with Crippen molar-refractivity contribution < 1.29 is 14.6 Å². The lowest BCUT2D eigenvalue weighted by Gasteiger charge is -2.34. The molecule has 15 heavy (non-hydrogen) atoms. The Morgan fingerprint density at radius 3 is 3.00 bits per heavy atom. The lowest BCUT2D eigenvalue weighted by atomic mass is 9.94. The number of carbonyl (C=O) groups excluding carboxylic acids is 1. The topological polar surface area (TPSA) is 61.8 Å². The van der Waals surface area contributed by atoms with Gasteiger partial charge in [-0.25, -0.2) is 4.79 Å². The molecule has 1 aliphatic heterocycles. The van der Waals surface area contributed by atoms with Crippen LogP contribution in [0.5, 0.6) is 0 Å². The van der Waals surface area contributed by atoms with Crippen LogP contribution in [0.1, 0.15) is 13.3 Å². The molecule has 2 atom stereocenters. The van der Waals surface area contributed by atoms with Crippen LogP contribution in [0.3, 0.4) is 0 Å². The van der Waals surface area contributed by atoms with Gasteiger partial charge in [-0.3, -0.25) is 0 Å². The van der Waals surface area contributed by atoms with Crippen LogP contribution in [-0.4, -0.2) is 55.5 Å². The first-order chi connectivity index (χ1) is 7.13. The summed E-state index contributed by atoms with van der Waals surface area (Å²) >= 11 is 0. The number of rotatable bonds is 3. The maximum absolute atomic E-state index is 11.2. The molecule has 0 saturated carbocycles. The molecule has 0 aromatic carbocycles. The van der Waals surface area contributed by atoms with Gasteiger partial charge in [-0.05, 0) is 25.9 Å². The van der Waals surface area contributed by atoms with Crippen LogP contribution in [-0.2, 0) is 4.74 Å². The quantitative estimate of drug-likeness (QED) is 0.699. The fraction of sp³-hybridized carbons (Fsp3) is 0.900. The molecule has 1 amide bonds. The highest BCUT2D eigenvalue weighted by Gasteiger charge is 2.25. The third-order valence-corrected chi connectivity index (χ3v) is 2.74. The van der Waals surface area contributed by atoms with Crippen LogP contribution in [0.4, 0.5) is 4.79 Å². The van der Waals surface area contributed by atoms with Crippen LogP contribution in [0.25, 0.3) is 0 Å². The molecule has 2 N–H and O–H groups in total. The first-order valence-electron chi connectivity index (χ1n) is 5.36. The molecule has 1 heterocycles. The van der Waals surface area contributed by atoms with Crippen molar-refractivity contribution in [1.82, 2.24) is 10.2 Å². The summed E-state index contributed by atoms with van der Waals surface area (Å²) in [5.41, 5.74) is 0. The number of likely N-dealkylation sites (tertiary alicyclic amines) is 1. The van der Waals surface area contributed by atoms with Crippen LogP contribution in [0, 0.1) is 5.92 Å². The smallest absolute Gasteiger partial charge is 0.407 e. The number of hydrogen-bond acceptors (Lipinski definition) is 4. The zero-order valence-corrected chi connectivity index (χ0v) is 9.40. The first kappa shape index (κ1) is 12.3. The van der Waals surface area contributed by atoms with Crippen molar-refractivity contribution in [1.29, 1.82) is 0 Å². The summed E-state index contributed by atoms with van der Waals surface area (Å²) in [4.78, 5) is 13.5. The van der Waals surface area contributed by atoms with Crippen molar-refractivity contribution in [2.75, 3.05) is 33.4 Å². The molecular formula is C10H20N2O3. The maximum atomic E-state index is 11.2. The van der Waals surface area contributed by atoms with E-state index in [1.165, 1.54) is 0 Å². The Hall–Kier alpha value is -0.810. The predicted molar refractivity (Wildman–Crippen MR) is 56.6 cm³/mol. The van der Waals surface area contributed by atoms with Gasteiger partial charge < -0.3 is 20.1 Å². The van der Waals surface area contributed by atoms with Gasteiger partial charge in [0.15, 0.2) is 0 Å². The Bertz CT molecular complexity index is 211. The third kappa shape index (κ3) is 4.05. The molecule has 1 fully saturated rings. The molecule has 0 spiro atoms. The molecule has 2 unspecified atom stereocenters. The number of nitrogens with one attached hydrogen (secondary N) is 1. The van der Waals surface area contributed by atoms with Gasteiger partial charge >= 0.3 is 6.09 Å². The zero-order valence-electron chi connectivity index (χ0n) is 9.40. The molecule has 5 nitrogen and oxygen atoms in total. The Morgan fingerprint density at radius 1 is 1.67 bits per heavy atom. The second-order valence-corrected chi connectivity index (χ2v) is 4.14. The molecule has 0 aromatic heterocycles.